The van der Waals surface area contributed by atoms with Crippen LogP contribution in [0.3, 0.4) is 0 Å². The van der Waals surface area contributed by atoms with E-state index in [1.807, 2.05) is 30.3 Å². The molecule has 2 aromatic carbocycles. The van der Waals surface area contributed by atoms with Crippen LogP contribution >= 0.6 is 59.0 Å². The van der Waals surface area contributed by atoms with Gasteiger partial charge >= 0.3 is 0 Å². The Balaban J connectivity index is 2.04. The van der Waals surface area contributed by atoms with Crippen molar-refractivity contribution in [3.63, 3.8) is 0 Å². The van der Waals surface area contributed by atoms with Crippen molar-refractivity contribution in [2.24, 2.45) is 0 Å². The fraction of sp³-hybridized carbons (Fsp3) is 0.133. The van der Waals surface area contributed by atoms with Crippen LogP contribution in [0, 0.1) is 10.1 Å². The van der Waals surface area contributed by atoms with Crippen LogP contribution in [0.15, 0.2) is 59.5 Å². The van der Waals surface area contributed by atoms with Gasteiger partial charge in [-0.25, -0.2) is 4.72 Å². The summed E-state index contributed by atoms with van der Waals surface area (Å²) in [7, 11) is 0. The highest BCUT2D eigenvalue weighted by molar-refractivity contribution is 7.97. The average Bonchev–Trinajstić information content (AvgIpc) is 2.58. The minimum Gasteiger partial charge on any atom is -0.343 e. The summed E-state index contributed by atoms with van der Waals surface area (Å²) in [6, 6.07) is 15.5. The minimum atomic E-state index is -1.76. The third kappa shape index (κ3) is 6.46. The molecular formula is C15H13Cl3N4O2S2. The van der Waals surface area contributed by atoms with Gasteiger partial charge in [-0.2, -0.15) is 0 Å². The standard InChI is InChI=1S/C15H13Cl3N4O2S2/c16-15(17,18)13(20-14(25)19-10-6-2-1-3-7-10)21-26-12-9-5-4-8-11(12)22(23)24/h1-9,13,21H,(H2,19,20,25)/t13-/m0/s1. The fourth-order valence-corrected chi connectivity index (χ4v) is 3.45. The first-order valence-corrected chi connectivity index (χ1v) is 9.48. The Bertz CT molecular complexity index is 775. The maximum Gasteiger partial charge on any atom is 0.284 e. The largest absolute Gasteiger partial charge is 0.343 e. The van der Waals surface area contributed by atoms with E-state index in [4.69, 9.17) is 47.0 Å². The molecule has 0 spiro atoms. The smallest absolute Gasteiger partial charge is 0.284 e. The maximum atomic E-state index is 11.1. The first kappa shape index (κ1) is 21.0. The first-order chi connectivity index (χ1) is 12.3. The number of nitro groups is 1. The Morgan fingerprint density at radius 3 is 2.35 bits per heavy atom. The van der Waals surface area contributed by atoms with Crippen LogP contribution in [0.5, 0.6) is 0 Å². The Morgan fingerprint density at radius 1 is 1.12 bits per heavy atom. The Hall–Kier alpha value is -1.29. The molecule has 0 fully saturated rings. The van der Waals surface area contributed by atoms with Gasteiger partial charge in [-0.1, -0.05) is 65.1 Å². The lowest BCUT2D eigenvalue weighted by Crippen LogP contribution is -2.52. The van der Waals surface area contributed by atoms with Gasteiger partial charge < -0.3 is 10.6 Å². The highest BCUT2D eigenvalue weighted by atomic mass is 35.6. The second kappa shape index (κ2) is 9.59. The summed E-state index contributed by atoms with van der Waals surface area (Å²) >= 11 is 24.1. The quantitative estimate of drug-likeness (QED) is 0.144. The minimum absolute atomic E-state index is 0.0574. The number of nitrogens with one attached hydrogen (secondary N) is 3. The molecule has 2 rings (SSSR count). The number of thiocarbonyl (C=S) groups is 1. The molecule has 2 aromatic rings. The van der Waals surface area contributed by atoms with Gasteiger partial charge in [0.25, 0.3) is 5.69 Å². The third-order valence-electron chi connectivity index (χ3n) is 2.98. The van der Waals surface area contributed by atoms with E-state index in [0.29, 0.717) is 4.90 Å². The number of para-hydroxylation sites is 2. The van der Waals surface area contributed by atoms with Crippen LogP contribution in [0.25, 0.3) is 0 Å². The third-order valence-corrected chi connectivity index (χ3v) is 4.78. The van der Waals surface area contributed by atoms with Gasteiger partial charge in [0.2, 0.25) is 3.79 Å². The normalized spacial score (nSPS) is 12.3. The molecule has 0 saturated heterocycles. The number of alkyl halides is 3. The second-order valence-electron chi connectivity index (χ2n) is 4.88. The van der Waals surface area contributed by atoms with Crippen molar-refractivity contribution in [3.05, 3.63) is 64.7 Å². The number of rotatable bonds is 6. The number of nitrogens with zero attached hydrogens (tertiary/aromatic N) is 1. The van der Waals surface area contributed by atoms with Gasteiger partial charge in [0.1, 0.15) is 11.1 Å². The average molecular weight is 452 g/mol. The molecule has 26 heavy (non-hydrogen) atoms. The molecule has 6 nitrogen and oxygen atoms in total. The Kier molecular flexibility index (Phi) is 7.75. The molecule has 1 atom stereocenters. The van der Waals surface area contributed by atoms with Crippen molar-refractivity contribution in [2.75, 3.05) is 5.32 Å². The molecule has 0 amide bonds. The number of benzene rings is 2. The number of halogens is 3. The summed E-state index contributed by atoms with van der Waals surface area (Å²) in [6.07, 6.45) is -0.916. The van der Waals surface area contributed by atoms with E-state index in [1.54, 1.807) is 18.2 Å². The van der Waals surface area contributed by atoms with Gasteiger partial charge in [0.05, 0.1) is 4.92 Å². The lowest BCUT2D eigenvalue weighted by molar-refractivity contribution is -0.387. The highest BCUT2D eigenvalue weighted by Gasteiger charge is 2.34. The molecule has 138 valence electrons. The number of nitro benzene ring substituents is 1. The molecule has 0 aliphatic rings. The van der Waals surface area contributed by atoms with Gasteiger partial charge in [0, 0.05) is 11.8 Å². The van der Waals surface area contributed by atoms with E-state index in [9.17, 15) is 10.1 Å². The Labute approximate surface area is 174 Å². The highest BCUT2D eigenvalue weighted by Crippen LogP contribution is 2.33. The summed E-state index contributed by atoms with van der Waals surface area (Å²) in [4.78, 5) is 11.0. The zero-order valence-corrected chi connectivity index (χ0v) is 16.9. The van der Waals surface area contributed by atoms with Crippen molar-refractivity contribution in [3.8, 4) is 0 Å². The van der Waals surface area contributed by atoms with E-state index in [2.05, 4.69) is 15.4 Å². The molecule has 0 unspecified atom stereocenters. The van der Waals surface area contributed by atoms with Crippen LogP contribution in [0.1, 0.15) is 0 Å². The van der Waals surface area contributed by atoms with E-state index < -0.39 is 14.9 Å². The molecule has 0 radical (unpaired) electrons. The summed E-state index contributed by atoms with van der Waals surface area (Å²) in [5, 5.41) is 17.1. The van der Waals surface area contributed by atoms with Crippen LogP contribution < -0.4 is 15.4 Å². The summed E-state index contributed by atoms with van der Waals surface area (Å²) in [6.45, 7) is 0. The zero-order valence-electron chi connectivity index (χ0n) is 13.0. The molecule has 3 N–H and O–H groups in total. The van der Waals surface area contributed by atoms with Crippen LogP contribution in [-0.2, 0) is 0 Å². The van der Waals surface area contributed by atoms with Crippen LogP contribution in [0.2, 0.25) is 0 Å². The predicted octanol–water partition coefficient (Wildman–Crippen LogP) is 4.87. The lowest BCUT2D eigenvalue weighted by Gasteiger charge is -2.27. The molecule has 0 aliphatic carbocycles. The fourth-order valence-electron chi connectivity index (χ4n) is 1.81. The van der Waals surface area contributed by atoms with Gasteiger partial charge in [-0.05, 0) is 42.4 Å². The van der Waals surface area contributed by atoms with Gasteiger partial charge in [-0.15, -0.1) is 0 Å². The number of hydrogen-bond acceptors (Lipinski definition) is 5. The van der Waals surface area contributed by atoms with E-state index >= 15 is 0 Å². The molecule has 11 heteroatoms. The number of anilines is 1. The van der Waals surface area contributed by atoms with E-state index in [1.165, 1.54) is 6.07 Å². The lowest BCUT2D eigenvalue weighted by atomic mass is 10.3. The summed E-state index contributed by atoms with van der Waals surface area (Å²) in [5.41, 5.74) is 0.706. The SMILES string of the molecule is O=[N+]([O-])c1ccccc1SN[C@H](NC(=S)Nc1ccccc1)C(Cl)(Cl)Cl. The Morgan fingerprint density at radius 2 is 1.73 bits per heavy atom. The van der Waals surface area contributed by atoms with Gasteiger partial charge in [-0.3, -0.25) is 10.1 Å². The zero-order chi connectivity index (χ0) is 19.2. The molecular weight excluding hydrogens is 439 g/mol. The second-order valence-corrected chi connectivity index (χ2v) is 8.54. The van der Waals surface area contributed by atoms with Gasteiger partial charge in [0.15, 0.2) is 5.11 Å². The number of hydrogen-bond donors (Lipinski definition) is 3. The van der Waals surface area contributed by atoms with Crippen LogP contribution in [0.4, 0.5) is 11.4 Å². The van der Waals surface area contributed by atoms with Crippen molar-refractivity contribution in [1.29, 1.82) is 0 Å². The molecule has 0 saturated carbocycles. The summed E-state index contributed by atoms with van der Waals surface area (Å²) < 4.78 is 1.10. The first-order valence-electron chi connectivity index (χ1n) is 7.12. The van der Waals surface area contributed by atoms with Crippen molar-refractivity contribution >= 4 is 75.5 Å². The predicted molar refractivity (Wildman–Crippen MR) is 112 cm³/mol. The van der Waals surface area contributed by atoms with Crippen LogP contribution in [-0.4, -0.2) is 20.0 Å². The molecule has 0 aromatic heterocycles. The van der Waals surface area contributed by atoms with E-state index in [-0.39, 0.29) is 10.8 Å². The maximum absolute atomic E-state index is 11.1. The monoisotopic (exact) mass is 450 g/mol. The van der Waals surface area contributed by atoms with E-state index in [0.717, 1.165) is 17.6 Å². The molecule has 0 aliphatic heterocycles. The van der Waals surface area contributed by atoms with Crippen molar-refractivity contribution in [1.82, 2.24) is 10.0 Å². The molecule has 0 heterocycles. The van der Waals surface area contributed by atoms with Crippen molar-refractivity contribution in [2.45, 2.75) is 14.9 Å². The van der Waals surface area contributed by atoms with Crippen molar-refractivity contribution < 1.29 is 4.92 Å². The topological polar surface area (TPSA) is 79.2 Å². The molecule has 0 bridgehead atoms. The summed E-state index contributed by atoms with van der Waals surface area (Å²) in [5.74, 6) is 0.